The van der Waals surface area contributed by atoms with Crippen molar-refractivity contribution in [2.24, 2.45) is 14.1 Å². The minimum absolute atomic E-state index is 0.00728. The normalized spacial score (nSPS) is 16.0. The summed E-state index contributed by atoms with van der Waals surface area (Å²) in [6.07, 6.45) is 1.78. The van der Waals surface area contributed by atoms with Crippen LogP contribution in [-0.2, 0) is 20.5 Å². The molecule has 0 N–H and O–H groups in total. The second-order valence-corrected chi connectivity index (χ2v) is 9.04. The summed E-state index contributed by atoms with van der Waals surface area (Å²) in [6, 6.07) is 20.3. The summed E-state index contributed by atoms with van der Waals surface area (Å²) < 4.78 is 3.19. The van der Waals surface area contributed by atoms with E-state index in [2.05, 4.69) is 36.4 Å². The lowest BCUT2D eigenvalue weighted by Crippen LogP contribution is -2.28. The van der Waals surface area contributed by atoms with E-state index >= 15 is 0 Å². The number of aryl methyl sites for hydroxylation is 3. The maximum absolute atomic E-state index is 13.3. The monoisotopic (exact) mass is 440 g/mol. The molecule has 0 unspecified atom stereocenters. The van der Waals surface area contributed by atoms with E-state index in [-0.39, 0.29) is 17.5 Å². The van der Waals surface area contributed by atoms with E-state index in [9.17, 15) is 9.59 Å². The van der Waals surface area contributed by atoms with Crippen LogP contribution in [0.15, 0.2) is 65.5 Å². The molecule has 2 aromatic heterocycles. The van der Waals surface area contributed by atoms with Gasteiger partial charge in [-0.05, 0) is 61.2 Å². The summed E-state index contributed by atoms with van der Waals surface area (Å²) in [4.78, 5) is 32.2. The fourth-order valence-electron chi connectivity index (χ4n) is 4.92. The summed E-state index contributed by atoms with van der Waals surface area (Å²) >= 11 is 0. The summed E-state index contributed by atoms with van der Waals surface area (Å²) in [5.41, 5.74) is 6.74. The van der Waals surface area contributed by atoms with Gasteiger partial charge in [0.2, 0.25) is 0 Å². The molecule has 1 amide bonds. The smallest absolute Gasteiger partial charge is 0.328 e. The lowest BCUT2D eigenvalue weighted by atomic mass is 9.98. The Morgan fingerprint density at radius 1 is 0.970 bits per heavy atom. The quantitative estimate of drug-likeness (QED) is 0.485. The topological polar surface area (TPSA) is 60.1 Å². The predicted molar refractivity (Wildman–Crippen MR) is 130 cm³/mol. The van der Waals surface area contributed by atoms with Crippen molar-refractivity contribution in [2.45, 2.75) is 25.7 Å². The Balaban J connectivity index is 1.35. The molecule has 0 aliphatic carbocycles. The number of imidazole rings is 1. The van der Waals surface area contributed by atoms with Crippen molar-refractivity contribution in [3.8, 4) is 0 Å². The third-order valence-electron chi connectivity index (χ3n) is 6.70. The van der Waals surface area contributed by atoms with Crippen LogP contribution in [0.1, 0.15) is 45.2 Å². The van der Waals surface area contributed by atoms with E-state index in [4.69, 9.17) is 4.98 Å². The van der Waals surface area contributed by atoms with Crippen LogP contribution in [0.25, 0.3) is 11.0 Å². The van der Waals surface area contributed by atoms with Gasteiger partial charge >= 0.3 is 5.69 Å². The average Bonchev–Trinajstić information content (AvgIpc) is 3.39. The molecular formula is C27H28N4O2. The van der Waals surface area contributed by atoms with Crippen molar-refractivity contribution in [3.05, 3.63) is 99.2 Å². The van der Waals surface area contributed by atoms with Gasteiger partial charge in [0.15, 0.2) is 0 Å². The predicted octanol–water partition coefficient (Wildman–Crippen LogP) is 3.80. The molecule has 0 saturated carbocycles. The zero-order valence-electron chi connectivity index (χ0n) is 19.3. The Kier molecular flexibility index (Phi) is 5.36. The van der Waals surface area contributed by atoms with Crippen LogP contribution in [0.3, 0.4) is 0 Å². The Labute approximate surface area is 193 Å². The maximum atomic E-state index is 13.3. The van der Waals surface area contributed by atoms with Crippen molar-refractivity contribution in [1.82, 2.24) is 19.0 Å². The largest absolute Gasteiger partial charge is 0.338 e. The first-order valence-electron chi connectivity index (χ1n) is 11.4. The van der Waals surface area contributed by atoms with E-state index in [1.54, 1.807) is 23.2 Å². The van der Waals surface area contributed by atoms with E-state index in [0.29, 0.717) is 18.7 Å². The number of pyridine rings is 1. The molecule has 33 heavy (non-hydrogen) atoms. The highest BCUT2D eigenvalue weighted by Gasteiger charge is 2.29. The molecule has 1 saturated heterocycles. The number of benzene rings is 2. The summed E-state index contributed by atoms with van der Waals surface area (Å²) in [6.45, 7) is 3.40. The van der Waals surface area contributed by atoms with Crippen molar-refractivity contribution in [1.29, 1.82) is 0 Å². The molecule has 168 valence electrons. The van der Waals surface area contributed by atoms with Gasteiger partial charge in [0.1, 0.15) is 0 Å². The highest BCUT2D eigenvalue weighted by molar-refractivity contribution is 5.97. The van der Waals surface area contributed by atoms with Crippen LogP contribution in [-0.4, -0.2) is 38.0 Å². The lowest BCUT2D eigenvalue weighted by molar-refractivity contribution is 0.0791. The molecule has 4 aromatic rings. The number of amides is 1. The van der Waals surface area contributed by atoms with E-state index in [0.717, 1.165) is 35.3 Å². The zero-order valence-corrected chi connectivity index (χ0v) is 19.3. The minimum Gasteiger partial charge on any atom is -0.338 e. The van der Waals surface area contributed by atoms with Crippen LogP contribution in [0.5, 0.6) is 0 Å². The Bertz CT molecular complexity index is 1400. The number of likely N-dealkylation sites (tertiary alicyclic amines) is 1. The van der Waals surface area contributed by atoms with Crippen molar-refractivity contribution < 1.29 is 4.79 Å². The lowest BCUT2D eigenvalue weighted by Gasteiger charge is -2.17. The number of fused-ring (bicyclic) bond motifs is 1. The molecule has 0 spiro atoms. The standard InChI is InChI=1S/C27H28N4O2/c1-18-13-20(14-19-7-5-4-6-8-19)15-23(28-18)22-11-12-31(17-22)26(32)21-9-10-24-25(16-21)30(3)27(33)29(24)2/h4-10,13,15-16,22H,11-12,14,17H2,1-3H3/t22-/m0/s1. The van der Waals surface area contributed by atoms with Crippen LogP contribution >= 0.6 is 0 Å². The highest BCUT2D eigenvalue weighted by atomic mass is 16.2. The summed E-state index contributed by atoms with van der Waals surface area (Å²) in [5, 5.41) is 0. The fraction of sp³-hybridized carbons (Fsp3) is 0.296. The number of hydrogen-bond acceptors (Lipinski definition) is 3. The van der Waals surface area contributed by atoms with E-state index < -0.39 is 0 Å². The summed E-state index contributed by atoms with van der Waals surface area (Å²) in [5.74, 6) is 0.237. The van der Waals surface area contributed by atoms with Gasteiger partial charge in [-0.1, -0.05) is 30.3 Å². The van der Waals surface area contributed by atoms with Crippen molar-refractivity contribution in [3.63, 3.8) is 0 Å². The number of carbonyl (C=O) groups excluding carboxylic acids is 1. The van der Waals surface area contributed by atoms with Gasteiger partial charge in [-0.3, -0.25) is 18.9 Å². The minimum atomic E-state index is -0.0901. The number of rotatable bonds is 4. The van der Waals surface area contributed by atoms with Gasteiger partial charge in [-0.15, -0.1) is 0 Å². The molecule has 1 aliphatic rings. The Morgan fingerprint density at radius 2 is 1.73 bits per heavy atom. The molecule has 3 heterocycles. The summed E-state index contributed by atoms with van der Waals surface area (Å²) in [7, 11) is 3.49. The van der Waals surface area contributed by atoms with Gasteiger partial charge in [-0.2, -0.15) is 0 Å². The van der Waals surface area contributed by atoms with Gasteiger partial charge < -0.3 is 4.90 Å². The first-order valence-corrected chi connectivity index (χ1v) is 11.4. The number of nitrogens with zero attached hydrogens (tertiary/aromatic N) is 4. The molecule has 0 radical (unpaired) electrons. The molecule has 0 bridgehead atoms. The number of hydrogen-bond donors (Lipinski definition) is 0. The first-order chi connectivity index (χ1) is 15.9. The first kappa shape index (κ1) is 21.2. The zero-order chi connectivity index (χ0) is 23.1. The maximum Gasteiger partial charge on any atom is 0.328 e. The Hall–Kier alpha value is -3.67. The van der Waals surface area contributed by atoms with E-state index in [1.165, 1.54) is 11.1 Å². The average molecular weight is 441 g/mol. The van der Waals surface area contributed by atoms with Gasteiger partial charge in [-0.25, -0.2) is 4.79 Å². The van der Waals surface area contributed by atoms with Gasteiger partial charge in [0.25, 0.3) is 5.91 Å². The molecule has 1 atom stereocenters. The van der Waals surface area contributed by atoms with Gasteiger partial charge in [0.05, 0.1) is 11.0 Å². The van der Waals surface area contributed by atoms with E-state index in [1.807, 2.05) is 36.1 Å². The van der Waals surface area contributed by atoms with Crippen LogP contribution in [0.4, 0.5) is 0 Å². The van der Waals surface area contributed by atoms with Crippen molar-refractivity contribution in [2.75, 3.05) is 13.1 Å². The molecule has 6 heteroatoms. The molecule has 6 nitrogen and oxygen atoms in total. The number of aromatic nitrogens is 3. The third-order valence-corrected chi connectivity index (χ3v) is 6.70. The van der Waals surface area contributed by atoms with Crippen LogP contribution < -0.4 is 5.69 Å². The van der Waals surface area contributed by atoms with Crippen LogP contribution in [0, 0.1) is 6.92 Å². The van der Waals surface area contributed by atoms with Crippen LogP contribution in [0.2, 0.25) is 0 Å². The van der Waals surface area contributed by atoms with Crippen molar-refractivity contribution >= 4 is 16.9 Å². The molecule has 2 aromatic carbocycles. The fourth-order valence-corrected chi connectivity index (χ4v) is 4.92. The SMILES string of the molecule is Cc1cc(Cc2ccccc2)cc([C@H]2CCN(C(=O)c3ccc4c(c3)n(C)c(=O)n4C)C2)n1. The molecule has 1 aliphatic heterocycles. The van der Waals surface area contributed by atoms with Gasteiger partial charge in [0, 0.05) is 50.1 Å². The third kappa shape index (κ3) is 3.97. The second-order valence-electron chi connectivity index (χ2n) is 9.04. The highest BCUT2D eigenvalue weighted by Crippen LogP contribution is 2.29. The molecule has 1 fully saturated rings. The molecular weight excluding hydrogens is 412 g/mol. The Morgan fingerprint density at radius 3 is 2.52 bits per heavy atom. The number of carbonyl (C=O) groups is 1. The second kappa shape index (κ2) is 8.35. The molecule has 5 rings (SSSR count).